The molecule has 0 aliphatic heterocycles. The van der Waals surface area contributed by atoms with E-state index >= 15 is 0 Å². The molecule has 4 aromatic rings. The predicted octanol–water partition coefficient (Wildman–Crippen LogP) is 4.84. The van der Waals surface area contributed by atoms with Gasteiger partial charge in [0, 0.05) is 29.3 Å². The van der Waals surface area contributed by atoms with Crippen molar-refractivity contribution in [1.29, 1.82) is 0 Å². The summed E-state index contributed by atoms with van der Waals surface area (Å²) >= 11 is 1.78. The number of sulfonamides is 1. The van der Waals surface area contributed by atoms with Gasteiger partial charge in [0.2, 0.25) is 0 Å². The number of hydrogen-bond donors (Lipinski definition) is 2. The summed E-state index contributed by atoms with van der Waals surface area (Å²) in [6.45, 7) is 1.47. The molecule has 168 valence electrons. The van der Waals surface area contributed by atoms with Gasteiger partial charge in [0.05, 0.1) is 4.90 Å². The molecule has 0 aliphatic carbocycles. The smallest absolute Gasteiger partial charge is 0.265 e. The minimum atomic E-state index is -3.98. The lowest BCUT2D eigenvalue weighted by Crippen LogP contribution is -2.30. The minimum absolute atomic E-state index is 0.0551. The highest BCUT2D eigenvalue weighted by Crippen LogP contribution is 2.20. The first kappa shape index (κ1) is 23.0. The summed E-state index contributed by atoms with van der Waals surface area (Å²) in [6.07, 6.45) is 0. The van der Waals surface area contributed by atoms with Gasteiger partial charge in [0.25, 0.3) is 15.9 Å². The zero-order chi connectivity index (χ0) is 23.1. The standard InChI is InChI=1S/C26H24N2O3S2/c29-26(25-12-6-8-21-7-4-5-11-24(21)25)28-33(30,31)23-15-13-20(14-16-23)19-27-17-18-32-22-9-2-1-3-10-22/h1-16,27H,17-19H2,(H,28,29). The Bertz CT molecular complexity index is 1330. The van der Waals surface area contributed by atoms with E-state index in [4.69, 9.17) is 0 Å². The average Bonchev–Trinajstić information content (AvgIpc) is 2.84. The minimum Gasteiger partial charge on any atom is -0.312 e. The highest BCUT2D eigenvalue weighted by molar-refractivity contribution is 7.99. The Morgan fingerprint density at radius 2 is 1.48 bits per heavy atom. The molecule has 0 fully saturated rings. The molecule has 0 atom stereocenters. The number of carbonyl (C=O) groups is 1. The van der Waals surface area contributed by atoms with Gasteiger partial charge in [-0.2, -0.15) is 0 Å². The van der Waals surface area contributed by atoms with E-state index in [9.17, 15) is 13.2 Å². The summed E-state index contributed by atoms with van der Waals surface area (Å²) in [4.78, 5) is 14.0. The largest absolute Gasteiger partial charge is 0.312 e. The van der Waals surface area contributed by atoms with Gasteiger partial charge in [-0.3, -0.25) is 4.79 Å². The van der Waals surface area contributed by atoms with Crippen molar-refractivity contribution >= 4 is 38.5 Å². The Hall–Kier alpha value is -3.13. The zero-order valence-corrected chi connectivity index (χ0v) is 19.5. The molecular weight excluding hydrogens is 452 g/mol. The molecule has 5 nitrogen and oxygen atoms in total. The fraction of sp³-hybridized carbons (Fsp3) is 0.115. The van der Waals surface area contributed by atoms with Crippen LogP contribution in [0.25, 0.3) is 10.8 Å². The number of thioether (sulfide) groups is 1. The number of hydrogen-bond acceptors (Lipinski definition) is 5. The third kappa shape index (κ3) is 6.01. The molecule has 0 aliphatic rings. The summed E-state index contributed by atoms with van der Waals surface area (Å²) in [5.41, 5.74) is 1.30. The summed E-state index contributed by atoms with van der Waals surface area (Å²) in [6, 6.07) is 29.4. The van der Waals surface area contributed by atoms with Gasteiger partial charge >= 0.3 is 0 Å². The molecule has 7 heteroatoms. The summed E-state index contributed by atoms with van der Waals surface area (Å²) in [5, 5.41) is 4.95. The Kier molecular flexibility index (Phi) is 7.44. The van der Waals surface area contributed by atoms with E-state index in [2.05, 4.69) is 22.2 Å². The first-order chi connectivity index (χ1) is 16.0. The van der Waals surface area contributed by atoms with Crippen molar-refractivity contribution in [2.24, 2.45) is 0 Å². The van der Waals surface area contributed by atoms with E-state index in [-0.39, 0.29) is 4.90 Å². The van der Waals surface area contributed by atoms with Crippen LogP contribution in [0.15, 0.2) is 107 Å². The molecule has 4 rings (SSSR count). The Balaban J connectivity index is 1.33. The van der Waals surface area contributed by atoms with E-state index in [0.29, 0.717) is 17.5 Å². The molecule has 0 bridgehead atoms. The normalized spacial score (nSPS) is 11.4. The van der Waals surface area contributed by atoms with Crippen LogP contribution in [0.3, 0.4) is 0 Å². The van der Waals surface area contributed by atoms with Gasteiger partial charge in [-0.1, -0.05) is 66.7 Å². The third-order valence-electron chi connectivity index (χ3n) is 5.11. The van der Waals surface area contributed by atoms with Crippen LogP contribution in [-0.4, -0.2) is 26.6 Å². The van der Waals surface area contributed by atoms with Gasteiger partial charge in [-0.05, 0) is 46.7 Å². The second-order valence-corrected chi connectivity index (χ2v) is 10.3. The van der Waals surface area contributed by atoms with Crippen molar-refractivity contribution < 1.29 is 13.2 Å². The van der Waals surface area contributed by atoms with Gasteiger partial charge in [-0.25, -0.2) is 13.1 Å². The summed E-state index contributed by atoms with van der Waals surface area (Å²) in [5.74, 6) is 0.296. The SMILES string of the molecule is O=C(NS(=O)(=O)c1ccc(CNCCSc2ccccc2)cc1)c1cccc2ccccc12. The van der Waals surface area contributed by atoms with E-state index in [1.165, 1.54) is 17.0 Å². The van der Waals surface area contributed by atoms with Crippen LogP contribution >= 0.6 is 11.8 Å². The zero-order valence-electron chi connectivity index (χ0n) is 17.9. The van der Waals surface area contributed by atoms with Crippen LogP contribution in [0.5, 0.6) is 0 Å². The number of amides is 1. The topological polar surface area (TPSA) is 75.3 Å². The molecule has 0 unspecified atom stereocenters. The maximum Gasteiger partial charge on any atom is 0.265 e. The van der Waals surface area contributed by atoms with Crippen molar-refractivity contribution in [3.05, 3.63) is 108 Å². The van der Waals surface area contributed by atoms with Crippen LogP contribution in [0.1, 0.15) is 15.9 Å². The molecule has 0 spiro atoms. The molecule has 4 aromatic carbocycles. The molecule has 2 N–H and O–H groups in total. The van der Waals surface area contributed by atoms with E-state index in [1.807, 2.05) is 42.5 Å². The fourth-order valence-corrected chi connectivity index (χ4v) is 5.23. The maximum atomic E-state index is 12.7. The molecule has 0 aromatic heterocycles. The second-order valence-electron chi connectivity index (χ2n) is 7.44. The van der Waals surface area contributed by atoms with E-state index < -0.39 is 15.9 Å². The van der Waals surface area contributed by atoms with Gasteiger partial charge in [0.15, 0.2) is 0 Å². The highest BCUT2D eigenvalue weighted by atomic mass is 32.2. The number of carbonyl (C=O) groups excluding carboxylic acids is 1. The first-order valence-corrected chi connectivity index (χ1v) is 13.0. The molecule has 0 saturated carbocycles. The molecule has 0 radical (unpaired) electrons. The molecule has 0 heterocycles. The van der Waals surface area contributed by atoms with Gasteiger partial charge in [0.1, 0.15) is 0 Å². The van der Waals surface area contributed by atoms with E-state index in [1.54, 1.807) is 42.1 Å². The lowest BCUT2D eigenvalue weighted by Gasteiger charge is -2.10. The Morgan fingerprint density at radius 3 is 2.27 bits per heavy atom. The highest BCUT2D eigenvalue weighted by Gasteiger charge is 2.20. The van der Waals surface area contributed by atoms with Crippen LogP contribution in [0.4, 0.5) is 0 Å². The van der Waals surface area contributed by atoms with Crippen molar-refractivity contribution in [2.45, 2.75) is 16.3 Å². The first-order valence-electron chi connectivity index (χ1n) is 10.6. The van der Waals surface area contributed by atoms with Crippen molar-refractivity contribution in [3.8, 4) is 0 Å². The number of benzene rings is 4. The summed E-state index contributed by atoms with van der Waals surface area (Å²) in [7, 11) is -3.98. The molecule has 0 saturated heterocycles. The quantitative estimate of drug-likeness (QED) is 0.267. The van der Waals surface area contributed by atoms with Crippen LogP contribution in [-0.2, 0) is 16.6 Å². The number of fused-ring (bicyclic) bond motifs is 1. The number of nitrogens with one attached hydrogen (secondary N) is 2. The third-order valence-corrected chi connectivity index (χ3v) is 7.48. The Labute approximate surface area is 198 Å². The monoisotopic (exact) mass is 476 g/mol. The predicted molar refractivity (Wildman–Crippen MR) is 134 cm³/mol. The van der Waals surface area contributed by atoms with Gasteiger partial charge in [-0.15, -0.1) is 11.8 Å². The van der Waals surface area contributed by atoms with Crippen LogP contribution < -0.4 is 10.0 Å². The van der Waals surface area contributed by atoms with Crippen molar-refractivity contribution in [3.63, 3.8) is 0 Å². The fourth-order valence-electron chi connectivity index (χ4n) is 3.44. The molecular formula is C26H24N2O3S2. The van der Waals surface area contributed by atoms with Crippen LogP contribution in [0, 0.1) is 0 Å². The average molecular weight is 477 g/mol. The lowest BCUT2D eigenvalue weighted by atomic mass is 10.0. The molecule has 33 heavy (non-hydrogen) atoms. The second kappa shape index (κ2) is 10.7. The van der Waals surface area contributed by atoms with Crippen LogP contribution in [0.2, 0.25) is 0 Å². The number of rotatable bonds is 9. The Morgan fingerprint density at radius 1 is 0.788 bits per heavy atom. The van der Waals surface area contributed by atoms with Crippen molar-refractivity contribution in [2.75, 3.05) is 12.3 Å². The maximum absolute atomic E-state index is 12.7. The molecule has 1 amide bonds. The van der Waals surface area contributed by atoms with Gasteiger partial charge < -0.3 is 5.32 Å². The summed E-state index contributed by atoms with van der Waals surface area (Å²) < 4.78 is 27.7. The van der Waals surface area contributed by atoms with Crippen molar-refractivity contribution in [1.82, 2.24) is 10.0 Å². The van der Waals surface area contributed by atoms with E-state index in [0.717, 1.165) is 23.2 Å². The lowest BCUT2D eigenvalue weighted by molar-refractivity contribution is 0.0983.